The van der Waals surface area contributed by atoms with Crippen LogP contribution in [0.2, 0.25) is 0 Å². The molecule has 2 atom stereocenters. The molecule has 0 aliphatic heterocycles. The van der Waals surface area contributed by atoms with Crippen LogP contribution in [0.25, 0.3) is 0 Å². The van der Waals surface area contributed by atoms with Crippen LogP contribution in [0.4, 0.5) is 0 Å². The summed E-state index contributed by atoms with van der Waals surface area (Å²) < 4.78 is 0. The lowest BCUT2D eigenvalue weighted by atomic mass is 9.70. The lowest BCUT2D eigenvalue weighted by Crippen LogP contribution is -2.34. The first-order valence-corrected chi connectivity index (χ1v) is 7.37. The molecule has 2 aliphatic carbocycles. The van der Waals surface area contributed by atoms with Crippen molar-refractivity contribution < 1.29 is 4.79 Å². The molecule has 0 saturated heterocycles. The van der Waals surface area contributed by atoms with Crippen LogP contribution in [-0.2, 0) is 0 Å². The van der Waals surface area contributed by atoms with Crippen molar-refractivity contribution in [2.24, 2.45) is 21.8 Å². The smallest absolute Gasteiger partial charge is 0.267 e. The van der Waals surface area contributed by atoms with Crippen molar-refractivity contribution >= 4 is 11.6 Å². The molecule has 3 heteroatoms. The van der Waals surface area contributed by atoms with Crippen LogP contribution in [0.5, 0.6) is 0 Å². The van der Waals surface area contributed by atoms with Gasteiger partial charge < -0.3 is 0 Å². The zero-order valence-corrected chi connectivity index (χ0v) is 12.4. The molecule has 0 aromatic heterocycles. The van der Waals surface area contributed by atoms with Crippen molar-refractivity contribution in [3.8, 4) is 0 Å². The molecular formula is C17H22N2O. The van der Waals surface area contributed by atoms with Crippen LogP contribution >= 0.6 is 0 Å². The second-order valence-electron chi connectivity index (χ2n) is 6.86. The highest BCUT2D eigenvalue weighted by molar-refractivity contribution is 5.98. The molecule has 3 rings (SSSR count). The topological polar surface area (TPSA) is 41.5 Å². The first-order chi connectivity index (χ1) is 9.45. The number of hydrazone groups is 1. The molecule has 1 aromatic rings. The van der Waals surface area contributed by atoms with Gasteiger partial charge in [-0.15, -0.1) is 0 Å². The van der Waals surface area contributed by atoms with Gasteiger partial charge in [-0.25, -0.2) is 5.43 Å². The van der Waals surface area contributed by atoms with Gasteiger partial charge in [0.2, 0.25) is 0 Å². The molecule has 2 bridgehead atoms. The molecule has 3 nitrogen and oxygen atoms in total. The maximum absolute atomic E-state index is 12.1. The van der Waals surface area contributed by atoms with Gasteiger partial charge in [-0.3, -0.25) is 4.79 Å². The Hall–Kier alpha value is -1.64. The maximum Gasteiger partial charge on any atom is 0.271 e. The third-order valence-corrected chi connectivity index (χ3v) is 5.84. The van der Waals surface area contributed by atoms with E-state index in [0.717, 1.165) is 6.42 Å². The quantitative estimate of drug-likeness (QED) is 0.819. The molecular weight excluding hydrogens is 248 g/mol. The summed E-state index contributed by atoms with van der Waals surface area (Å²) >= 11 is 0. The number of hydrogen-bond acceptors (Lipinski definition) is 2. The number of fused-ring (bicyclic) bond motifs is 2. The molecule has 2 saturated carbocycles. The normalized spacial score (nSPS) is 32.5. The fourth-order valence-electron chi connectivity index (χ4n) is 3.87. The van der Waals surface area contributed by atoms with Gasteiger partial charge in [0.05, 0.1) is 0 Å². The molecule has 0 spiro atoms. The van der Waals surface area contributed by atoms with Gasteiger partial charge in [0.25, 0.3) is 5.91 Å². The largest absolute Gasteiger partial charge is 0.271 e. The molecule has 106 valence electrons. The van der Waals surface area contributed by atoms with Gasteiger partial charge in [-0.1, -0.05) is 39.0 Å². The predicted octanol–water partition coefficient (Wildman–Crippen LogP) is 3.62. The van der Waals surface area contributed by atoms with E-state index < -0.39 is 0 Å². The summed E-state index contributed by atoms with van der Waals surface area (Å²) in [6.07, 6.45) is 3.50. The highest BCUT2D eigenvalue weighted by Gasteiger charge is 2.59. The number of amides is 1. The fraction of sp³-hybridized carbons (Fsp3) is 0.529. The Bertz CT molecular complexity index is 562. The number of carbonyl (C=O) groups is 1. The third-order valence-electron chi connectivity index (χ3n) is 5.84. The van der Waals surface area contributed by atoms with Gasteiger partial charge in [0, 0.05) is 16.7 Å². The Morgan fingerprint density at radius 2 is 1.95 bits per heavy atom. The molecule has 2 aliphatic rings. The van der Waals surface area contributed by atoms with Crippen molar-refractivity contribution in [3.05, 3.63) is 35.9 Å². The van der Waals surface area contributed by atoms with E-state index in [1.165, 1.54) is 18.6 Å². The first kappa shape index (κ1) is 13.3. The molecule has 1 aromatic carbocycles. The Labute approximate surface area is 120 Å². The second-order valence-corrected chi connectivity index (χ2v) is 6.86. The number of carbonyl (C=O) groups excluding carboxylic acids is 1. The van der Waals surface area contributed by atoms with E-state index in [1.54, 1.807) is 0 Å². The maximum atomic E-state index is 12.1. The summed E-state index contributed by atoms with van der Waals surface area (Å²) in [7, 11) is 0. The van der Waals surface area contributed by atoms with Gasteiger partial charge in [0.1, 0.15) is 0 Å². The van der Waals surface area contributed by atoms with E-state index in [9.17, 15) is 4.79 Å². The van der Waals surface area contributed by atoms with Gasteiger partial charge in [-0.2, -0.15) is 5.10 Å². The summed E-state index contributed by atoms with van der Waals surface area (Å²) in [5.41, 5.74) is 5.00. The van der Waals surface area contributed by atoms with Crippen molar-refractivity contribution in [2.75, 3.05) is 0 Å². The van der Waals surface area contributed by atoms with Crippen LogP contribution in [-0.4, -0.2) is 11.6 Å². The van der Waals surface area contributed by atoms with E-state index in [1.807, 2.05) is 30.3 Å². The minimum absolute atomic E-state index is 0.123. The van der Waals surface area contributed by atoms with Crippen molar-refractivity contribution in [1.82, 2.24) is 5.43 Å². The van der Waals surface area contributed by atoms with Gasteiger partial charge in [0.15, 0.2) is 0 Å². The molecule has 1 amide bonds. The van der Waals surface area contributed by atoms with Gasteiger partial charge >= 0.3 is 0 Å². The van der Waals surface area contributed by atoms with Crippen LogP contribution in [0.3, 0.4) is 0 Å². The Kier molecular flexibility index (Phi) is 2.96. The number of benzene rings is 1. The summed E-state index contributed by atoms with van der Waals surface area (Å²) in [6, 6.07) is 9.25. The minimum atomic E-state index is -0.123. The van der Waals surface area contributed by atoms with E-state index in [4.69, 9.17) is 0 Å². The van der Waals surface area contributed by atoms with Crippen molar-refractivity contribution in [3.63, 3.8) is 0 Å². The average Bonchev–Trinajstić information content (AvgIpc) is 2.78. The van der Waals surface area contributed by atoms with Crippen LogP contribution in [0, 0.1) is 16.7 Å². The second kappa shape index (κ2) is 4.44. The highest BCUT2D eigenvalue weighted by Crippen LogP contribution is 2.63. The lowest BCUT2D eigenvalue weighted by molar-refractivity contribution is 0.0954. The zero-order valence-electron chi connectivity index (χ0n) is 12.4. The standard InChI is InChI=1S/C17H22N2O/c1-16(2)13-9-10-17(16,3)14(11-13)18-19-15(20)12-7-5-4-6-8-12/h4-8,13H,9-11H2,1-3H3,(H,19,20)/b18-14+/t13-,17+/m1/s1. The van der Waals surface area contributed by atoms with Crippen molar-refractivity contribution in [1.29, 1.82) is 0 Å². The summed E-state index contributed by atoms with van der Waals surface area (Å²) in [5.74, 6) is 0.585. The fourth-order valence-corrected chi connectivity index (χ4v) is 3.87. The van der Waals surface area contributed by atoms with Gasteiger partial charge in [-0.05, 0) is 42.7 Å². The van der Waals surface area contributed by atoms with E-state index in [0.29, 0.717) is 16.9 Å². The first-order valence-electron chi connectivity index (χ1n) is 7.37. The molecule has 0 unspecified atom stereocenters. The van der Waals surface area contributed by atoms with E-state index in [-0.39, 0.29) is 11.3 Å². The Morgan fingerprint density at radius 1 is 1.25 bits per heavy atom. The number of nitrogens with one attached hydrogen (secondary N) is 1. The molecule has 0 heterocycles. The molecule has 0 radical (unpaired) electrons. The number of nitrogens with zero attached hydrogens (tertiary/aromatic N) is 1. The highest BCUT2D eigenvalue weighted by atomic mass is 16.2. The summed E-state index contributed by atoms with van der Waals surface area (Å²) in [6.45, 7) is 6.98. The van der Waals surface area contributed by atoms with Crippen molar-refractivity contribution in [2.45, 2.75) is 40.0 Å². The molecule has 20 heavy (non-hydrogen) atoms. The Balaban J connectivity index is 1.77. The summed E-state index contributed by atoms with van der Waals surface area (Å²) in [4.78, 5) is 12.1. The minimum Gasteiger partial charge on any atom is -0.267 e. The zero-order chi connectivity index (χ0) is 14.4. The SMILES string of the molecule is CC1(C)[C@@H]2CC[C@@]1(C)/C(=N/NC(=O)c1ccccc1)C2. The number of hydrogen-bond donors (Lipinski definition) is 1. The monoisotopic (exact) mass is 270 g/mol. The average molecular weight is 270 g/mol. The Morgan fingerprint density at radius 3 is 2.50 bits per heavy atom. The van der Waals surface area contributed by atoms with E-state index >= 15 is 0 Å². The summed E-state index contributed by atoms with van der Waals surface area (Å²) in [5, 5.41) is 4.47. The number of rotatable bonds is 2. The predicted molar refractivity (Wildman–Crippen MR) is 80.6 cm³/mol. The third kappa shape index (κ3) is 1.80. The van der Waals surface area contributed by atoms with E-state index in [2.05, 4.69) is 31.3 Å². The van der Waals surface area contributed by atoms with Crippen LogP contribution in [0.15, 0.2) is 35.4 Å². The molecule has 2 fully saturated rings. The lowest BCUT2D eigenvalue weighted by Gasteiger charge is -2.34. The van der Waals surface area contributed by atoms with Crippen LogP contribution in [0.1, 0.15) is 50.4 Å². The molecule has 1 N–H and O–H groups in total. The van der Waals surface area contributed by atoms with Crippen LogP contribution < -0.4 is 5.43 Å².